The fourth-order valence-electron chi connectivity index (χ4n) is 2.90. The molecular weight excluding hydrogens is 518 g/mol. The lowest BCUT2D eigenvalue weighted by molar-refractivity contribution is 0.216. The number of nitrogens with zero attached hydrogens (tertiary/aromatic N) is 2. The van der Waals surface area contributed by atoms with Crippen LogP contribution in [0.5, 0.6) is 0 Å². The van der Waals surface area contributed by atoms with Gasteiger partial charge < -0.3 is 15.5 Å². The van der Waals surface area contributed by atoms with E-state index >= 15 is 0 Å². The van der Waals surface area contributed by atoms with Crippen molar-refractivity contribution >= 4 is 43.2 Å². The van der Waals surface area contributed by atoms with Crippen molar-refractivity contribution in [2.75, 3.05) is 54.5 Å². The largest absolute Gasteiger partial charge is 0.322 e. The number of sulfone groups is 2. The number of hydrogen-bond donors (Lipinski definition) is 2. The number of amides is 2. The lowest BCUT2D eigenvalue weighted by Gasteiger charge is -2.26. The first kappa shape index (κ1) is 29.0. The number of isocyanates is 1. The summed E-state index contributed by atoms with van der Waals surface area (Å²) in [4.78, 5) is 26.2. The van der Waals surface area contributed by atoms with Gasteiger partial charge in [0.05, 0.1) is 28.7 Å². The zero-order valence-electron chi connectivity index (χ0n) is 19.2. The van der Waals surface area contributed by atoms with Crippen LogP contribution in [-0.4, -0.2) is 83.0 Å². The van der Waals surface area contributed by atoms with Gasteiger partial charge in [-0.25, -0.2) is 35.2 Å². The van der Waals surface area contributed by atoms with Crippen LogP contribution in [0.4, 0.5) is 25.0 Å². The van der Waals surface area contributed by atoms with Gasteiger partial charge in [-0.15, -0.1) is 0 Å². The molecule has 0 atom stereocenters. The summed E-state index contributed by atoms with van der Waals surface area (Å²) in [7, 11) is -5.64. The summed E-state index contributed by atoms with van der Waals surface area (Å²) in [6.45, 7) is 1.63. The molecule has 2 aliphatic rings. The van der Waals surface area contributed by atoms with Crippen molar-refractivity contribution in [3.8, 4) is 0 Å². The Hall–Kier alpha value is -3.19. The summed E-state index contributed by atoms with van der Waals surface area (Å²) in [6.07, 6.45) is 1.36. The van der Waals surface area contributed by atoms with Crippen molar-refractivity contribution < 1.29 is 35.2 Å². The first-order chi connectivity index (χ1) is 17.0. The maximum atomic E-state index is 12.7. The minimum absolute atomic E-state index is 0.0101. The number of nitrogens with one attached hydrogen (secondary N) is 2. The van der Waals surface area contributed by atoms with Gasteiger partial charge in [0.2, 0.25) is 6.08 Å². The monoisotopic (exact) mass is 544 g/mol. The van der Waals surface area contributed by atoms with Gasteiger partial charge >= 0.3 is 6.03 Å². The van der Waals surface area contributed by atoms with Crippen molar-refractivity contribution in [1.82, 2.24) is 10.2 Å². The van der Waals surface area contributed by atoms with E-state index in [1.807, 2.05) is 0 Å². The highest BCUT2D eigenvalue weighted by Crippen LogP contribution is 2.11. The number of urea groups is 1. The zero-order valence-corrected chi connectivity index (χ0v) is 20.8. The normalized spacial score (nSPS) is 17.7. The van der Waals surface area contributed by atoms with Crippen LogP contribution in [0.25, 0.3) is 0 Å². The van der Waals surface area contributed by atoms with E-state index in [2.05, 4.69) is 15.6 Å². The molecule has 2 aromatic carbocycles. The van der Waals surface area contributed by atoms with Gasteiger partial charge in [0.15, 0.2) is 19.7 Å². The predicted octanol–water partition coefficient (Wildman–Crippen LogP) is 1.89. The third kappa shape index (κ3) is 11.0. The van der Waals surface area contributed by atoms with E-state index in [4.69, 9.17) is 0 Å². The van der Waals surface area contributed by atoms with Gasteiger partial charge in [-0.2, -0.15) is 4.99 Å². The van der Waals surface area contributed by atoms with Crippen molar-refractivity contribution in [2.45, 2.75) is 0 Å². The number of rotatable bonds is 2. The molecule has 2 amide bonds. The Bertz CT molecular complexity index is 1240. The molecule has 14 heteroatoms. The highest BCUT2D eigenvalue weighted by Gasteiger charge is 2.24. The Morgan fingerprint density at radius 3 is 1.75 bits per heavy atom. The van der Waals surface area contributed by atoms with Crippen LogP contribution in [-0.2, 0) is 24.5 Å². The Morgan fingerprint density at radius 1 is 0.833 bits per heavy atom. The highest BCUT2D eigenvalue weighted by atomic mass is 32.2. The van der Waals surface area contributed by atoms with Crippen molar-refractivity contribution in [3.63, 3.8) is 0 Å². The number of benzene rings is 2. The second-order valence-corrected chi connectivity index (χ2v) is 12.3. The standard InChI is InChI=1S/C11H13FN2O3S.C7H4FNO.C4H9NO2S/c12-9-1-3-10(4-2-9)13-11(15)14-5-7-18(16,17)8-6-14;8-6-1-3-7(4-2-6)9-5-10;6-8(7)3-1-5-2-4-8/h1-4H,5-8H2,(H,13,15);1-4H;5H,1-4H2. The molecule has 2 fully saturated rings. The Balaban J connectivity index is 0.000000213. The molecule has 0 aromatic heterocycles. The van der Waals surface area contributed by atoms with E-state index in [0.29, 0.717) is 36.0 Å². The summed E-state index contributed by atoms with van der Waals surface area (Å²) in [5, 5.41) is 5.55. The van der Waals surface area contributed by atoms with Crippen LogP contribution < -0.4 is 10.6 Å². The molecule has 36 heavy (non-hydrogen) atoms. The van der Waals surface area contributed by atoms with Crippen LogP contribution in [0.15, 0.2) is 53.5 Å². The highest BCUT2D eigenvalue weighted by molar-refractivity contribution is 7.91. The molecule has 0 radical (unpaired) electrons. The number of aliphatic imine (C=N–C) groups is 1. The van der Waals surface area contributed by atoms with Crippen LogP contribution in [0.1, 0.15) is 0 Å². The number of anilines is 1. The first-order valence-corrected chi connectivity index (χ1v) is 14.4. The first-order valence-electron chi connectivity index (χ1n) is 10.8. The van der Waals surface area contributed by atoms with Gasteiger partial charge in [-0.3, -0.25) is 0 Å². The molecule has 2 saturated heterocycles. The zero-order chi connectivity index (χ0) is 26.6. The number of carbonyl (C=O) groups excluding carboxylic acids is 2. The van der Waals surface area contributed by atoms with Crippen LogP contribution in [0.3, 0.4) is 0 Å². The Morgan fingerprint density at radius 2 is 1.31 bits per heavy atom. The van der Waals surface area contributed by atoms with Crippen molar-refractivity contribution in [3.05, 3.63) is 60.2 Å². The van der Waals surface area contributed by atoms with E-state index in [9.17, 15) is 35.2 Å². The molecule has 2 N–H and O–H groups in total. The number of carbonyl (C=O) groups is 1. The van der Waals surface area contributed by atoms with E-state index in [-0.39, 0.29) is 42.3 Å². The summed E-state index contributed by atoms with van der Waals surface area (Å²) >= 11 is 0. The molecule has 2 aromatic rings. The van der Waals surface area contributed by atoms with E-state index < -0.39 is 19.7 Å². The summed E-state index contributed by atoms with van der Waals surface area (Å²) < 4.78 is 68.5. The lowest BCUT2D eigenvalue weighted by atomic mass is 10.3. The van der Waals surface area contributed by atoms with E-state index in [1.165, 1.54) is 59.5 Å². The quantitative estimate of drug-likeness (QED) is 0.434. The topological polar surface area (TPSA) is 142 Å². The minimum Gasteiger partial charge on any atom is -0.322 e. The maximum absolute atomic E-state index is 12.7. The average molecular weight is 545 g/mol. The molecule has 0 unspecified atom stereocenters. The minimum atomic E-state index is -3.00. The smallest absolute Gasteiger partial charge is 0.321 e. The average Bonchev–Trinajstić information content (AvgIpc) is 2.83. The molecule has 0 bridgehead atoms. The molecule has 2 heterocycles. The molecular formula is C22H26F2N4O6S2. The fourth-order valence-corrected chi connectivity index (χ4v) is 5.22. The summed E-state index contributed by atoms with van der Waals surface area (Å²) in [6, 6.07) is 10.3. The molecule has 0 spiro atoms. The fraction of sp³-hybridized carbons (Fsp3) is 0.364. The lowest BCUT2D eigenvalue weighted by Crippen LogP contribution is -2.45. The van der Waals surface area contributed by atoms with Crippen LogP contribution >= 0.6 is 0 Å². The van der Waals surface area contributed by atoms with Gasteiger partial charge in [-0.05, 0) is 48.5 Å². The predicted molar refractivity (Wildman–Crippen MR) is 131 cm³/mol. The van der Waals surface area contributed by atoms with Gasteiger partial charge in [0, 0.05) is 31.9 Å². The summed E-state index contributed by atoms with van der Waals surface area (Å²) in [5.74, 6) is -0.116. The van der Waals surface area contributed by atoms with E-state index in [0.717, 1.165) is 0 Å². The molecule has 2 aliphatic heterocycles. The molecule has 4 rings (SSSR count). The second kappa shape index (κ2) is 13.8. The van der Waals surface area contributed by atoms with Crippen LogP contribution in [0, 0.1) is 11.6 Å². The van der Waals surface area contributed by atoms with Crippen LogP contribution in [0.2, 0.25) is 0 Å². The summed E-state index contributed by atoms with van der Waals surface area (Å²) in [5.41, 5.74) is 0.895. The second-order valence-electron chi connectivity index (χ2n) is 7.66. The van der Waals surface area contributed by atoms with Gasteiger partial charge in [-0.1, -0.05) is 0 Å². The van der Waals surface area contributed by atoms with E-state index in [1.54, 1.807) is 0 Å². The molecule has 0 aliphatic carbocycles. The Kier molecular flexibility index (Phi) is 11.1. The van der Waals surface area contributed by atoms with Gasteiger partial charge in [0.1, 0.15) is 11.6 Å². The maximum Gasteiger partial charge on any atom is 0.321 e. The van der Waals surface area contributed by atoms with Crippen molar-refractivity contribution in [1.29, 1.82) is 0 Å². The third-order valence-corrected chi connectivity index (χ3v) is 8.17. The van der Waals surface area contributed by atoms with Crippen molar-refractivity contribution in [2.24, 2.45) is 4.99 Å². The number of halogens is 2. The molecule has 196 valence electrons. The third-order valence-electron chi connectivity index (χ3n) is 4.91. The number of hydrogen-bond acceptors (Lipinski definition) is 8. The Labute approximate surface area is 208 Å². The SMILES string of the molecule is O=C(Nc1ccc(F)cc1)N1CCS(=O)(=O)CC1.O=C=Nc1ccc(F)cc1.O=S1(=O)CCNCC1. The molecule has 0 saturated carbocycles. The molecule has 10 nitrogen and oxygen atoms in total. The van der Waals surface area contributed by atoms with Gasteiger partial charge in [0.25, 0.3) is 0 Å².